The number of hydrogen-bond acceptors (Lipinski definition) is 7. The second-order valence-corrected chi connectivity index (χ2v) is 7.63. The fraction of sp³-hybridized carbons (Fsp3) is 0.0909. The van der Waals surface area contributed by atoms with Crippen molar-refractivity contribution in [1.29, 1.82) is 0 Å². The zero-order valence-corrected chi connectivity index (χ0v) is 17.9. The molecule has 0 radical (unpaired) electrons. The van der Waals surface area contributed by atoms with Gasteiger partial charge in [-0.1, -0.05) is 40.2 Å². The Morgan fingerprint density at radius 3 is 2.63 bits per heavy atom. The Morgan fingerprint density at radius 1 is 1.00 bits per heavy atom. The number of rotatable bonds is 6. The van der Waals surface area contributed by atoms with E-state index in [1.165, 1.54) is 0 Å². The number of nitrogens with two attached hydrogens (primary N) is 1. The Hall–Kier alpha value is -3.52. The molecule has 0 spiro atoms. The van der Waals surface area contributed by atoms with Crippen molar-refractivity contribution in [2.45, 2.75) is 13.5 Å². The van der Waals surface area contributed by atoms with Crippen LogP contribution < -0.4 is 16.4 Å². The van der Waals surface area contributed by atoms with Crippen LogP contribution >= 0.6 is 15.9 Å². The SMILES string of the molecule is Cc1cnc(N)nc1-c1ccc(Nc2ccnc(NCc3cccc(Br)c3)n2)cc1. The topological polar surface area (TPSA) is 102 Å². The van der Waals surface area contributed by atoms with Crippen LogP contribution in [0.25, 0.3) is 11.3 Å². The van der Waals surface area contributed by atoms with Gasteiger partial charge in [0, 0.05) is 34.7 Å². The number of anilines is 4. The number of nitrogens with zero attached hydrogens (tertiary/aromatic N) is 4. The van der Waals surface area contributed by atoms with E-state index in [1.54, 1.807) is 12.4 Å². The first-order valence-electron chi connectivity index (χ1n) is 9.35. The lowest BCUT2D eigenvalue weighted by molar-refractivity contribution is 1.05. The van der Waals surface area contributed by atoms with Gasteiger partial charge in [-0.15, -0.1) is 0 Å². The average molecular weight is 462 g/mol. The Kier molecular flexibility index (Phi) is 5.85. The molecule has 4 rings (SSSR count). The maximum Gasteiger partial charge on any atom is 0.224 e. The fourth-order valence-corrected chi connectivity index (χ4v) is 3.40. The van der Waals surface area contributed by atoms with Gasteiger partial charge < -0.3 is 16.4 Å². The van der Waals surface area contributed by atoms with Crippen LogP contribution in [0.3, 0.4) is 0 Å². The third-order valence-electron chi connectivity index (χ3n) is 4.42. The molecule has 2 aromatic carbocycles. The molecule has 4 aromatic rings. The largest absolute Gasteiger partial charge is 0.368 e. The second kappa shape index (κ2) is 8.87. The van der Waals surface area contributed by atoms with Gasteiger partial charge >= 0.3 is 0 Å². The highest BCUT2D eigenvalue weighted by Crippen LogP contribution is 2.24. The summed E-state index contributed by atoms with van der Waals surface area (Å²) in [6.45, 7) is 2.60. The standard InChI is InChI=1S/C22H20BrN7/c1-14-12-26-21(24)30-20(14)16-5-7-18(8-6-16)28-19-9-10-25-22(29-19)27-13-15-3-2-4-17(23)11-15/h2-12H,13H2,1H3,(H2,24,26,30)(H2,25,27,28,29). The number of benzene rings is 2. The first-order chi connectivity index (χ1) is 14.6. The highest BCUT2D eigenvalue weighted by Gasteiger charge is 2.06. The van der Waals surface area contributed by atoms with E-state index in [4.69, 9.17) is 5.73 Å². The van der Waals surface area contributed by atoms with Gasteiger partial charge in [0.15, 0.2) is 0 Å². The van der Waals surface area contributed by atoms with E-state index in [2.05, 4.69) is 58.6 Å². The highest BCUT2D eigenvalue weighted by molar-refractivity contribution is 9.10. The number of hydrogen-bond donors (Lipinski definition) is 3. The molecule has 0 fully saturated rings. The minimum absolute atomic E-state index is 0.265. The molecule has 2 aromatic heterocycles. The van der Waals surface area contributed by atoms with E-state index in [9.17, 15) is 0 Å². The lowest BCUT2D eigenvalue weighted by Gasteiger charge is -2.10. The molecule has 0 aliphatic rings. The molecule has 0 saturated heterocycles. The van der Waals surface area contributed by atoms with E-state index in [-0.39, 0.29) is 5.95 Å². The zero-order valence-electron chi connectivity index (χ0n) is 16.3. The normalized spacial score (nSPS) is 10.6. The lowest BCUT2D eigenvalue weighted by Crippen LogP contribution is -2.05. The number of nitrogen functional groups attached to an aromatic ring is 1. The molecule has 0 saturated carbocycles. The third-order valence-corrected chi connectivity index (χ3v) is 4.91. The van der Waals surface area contributed by atoms with Crippen molar-refractivity contribution in [3.05, 3.63) is 82.6 Å². The lowest BCUT2D eigenvalue weighted by atomic mass is 10.1. The number of nitrogens with one attached hydrogen (secondary N) is 2. The summed E-state index contributed by atoms with van der Waals surface area (Å²) in [7, 11) is 0. The van der Waals surface area contributed by atoms with Crippen molar-refractivity contribution in [2.24, 2.45) is 0 Å². The molecule has 7 nitrogen and oxygen atoms in total. The molecule has 0 unspecified atom stereocenters. The van der Waals surface area contributed by atoms with E-state index in [0.29, 0.717) is 18.3 Å². The summed E-state index contributed by atoms with van der Waals surface area (Å²) in [4.78, 5) is 17.2. The molecular formula is C22H20BrN7. The van der Waals surface area contributed by atoms with Gasteiger partial charge in [0.05, 0.1) is 5.69 Å². The van der Waals surface area contributed by atoms with Gasteiger partial charge in [0.2, 0.25) is 11.9 Å². The van der Waals surface area contributed by atoms with Crippen molar-refractivity contribution in [2.75, 3.05) is 16.4 Å². The Labute approximate surface area is 183 Å². The maximum absolute atomic E-state index is 5.72. The van der Waals surface area contributed by atoms with Crippen LogP contribution in [-0.2, 0) is 6.54 Å². The predicted molar refractivity (Wildman–Crippen MR) is 123 cm³/mol. The average Bonchev–Trinajstić information content (AvgIpc) is 2.75. The molecule has 0 aliphatic heterocycles. The Balaban J connectivity index is 1.44. The van der Waals surface area contributed by atoms with Crippen molar-refractivity contribution < 1.29 is 0 Å². The fourth-order valence-electron chi connectivity index (χ4n) is 2.95. The monoisotopic (exact) mass is 461 g/mol. The molecule has 0 aliphatic carbocycles. The van der Waals surface area contributed by atoms with Crippen LogP contribution in [0.5, 0.6) is 0 Å². The molecule has 30 heavy (non-hydrogen) atoms. The van der Waals surface area contributed by atoms with E-state index in [1.807, 2.05) is 49.4 Å². The van der Waals surface area contributed by atoms with Gasteiger partial charge in [0.25, 0.3) is 0 Å². The third kappa shape index (κ3) is 4.90. The summed E-state index contributed by atoms with van der Waals surface area (Å²) in [5, 5.41) is 6.55. The van der Waals surface area contributed by atoms with E-state index in [0.717, 1.165) is 32.5 Å². The predicted octanol–water partition coefficient (Wildman–Crippen LogP) is 4.94. The minimum Gasteiger partial charge on any atom is -0.368 e. The molecule has 0 bridgehead atoms. The second-order valence-electron chi connectivity index (χ2n) is 6.71. The molecule has 0 amide bonds. The molecular weight excluding hydrogens is 442 g/mol. The summed E-state index contributed by atoms with van der Waals surface area (Å²) in [5.74, 6) is 1.53. The van der Waals surface area contributed by atoms with Gasteiger partial charge in [-0.05, 0) is 48.4 Å². The smallest absolute Gasteiger partial charge is 0.224 e. The first-order valence-corrected chi connectivity index (χ1v) is 10.1. The van der Waals surface area contributed by atoms with Crippen molar-refractivity contribution >= 4 is 39.3 Å². The van der Waals surface area contributed by atoms with Crippen LogP contribution in [0.15, 0.2) is 71.5 Å². The van der Waals surface area contributed by atoms with Gasteiger partial charge in [-0.3, -0.25) is 0 Å². The summed E-state index contributed by atoms with van der Waals surface area (Å²) in [6.07, 6.45) is 3.45. The van der Waals surface area contributed by atoms with Crippen LogP contribution in [-0.4, -0.2) is 19.9 Å². The number of aryl methyl sites for hydroxylation is 1. The summed E-state index contributed by atoms with van der Waals surface area (Å²) < 4.78 is 1.04. The van der Waals surface area contributed by atoms with Crippen LogP contribution in [0.4, 0.5) is 23.4 Å². The summed E-state index contributed by atoms with van der Waals surface area (Å²) in [6, 6.07) is 17.9. The van der Waals surface area contributed by atoms with Gasteiger partial charge in [0.1, 0.15) is 5.82 Å². The Morgan fingerprint density at radius 2 is 1.83 bits per heavy atom. The van der Waals surface area contributed by atoms with Gasteiger partial charge in [-0.2, -0.15) is 4.98 Å². The zero-order chi connectivity index (χ0) is 20.9. The van der Waals surface area contributed by atoms with Gasteiger partial charge in [-0.25, -0.2) is 15.0 Å². The van der Waals surface area contributed by atoms with Crippen molar-refractivity contribution in [3.63, 3.8) is 0 Å². The van der Waals surface area contributed by atoms with Crippen LogP contribution in [0.1, 0.15) is 11.1 Å². The van der Waals surface area contributed by atoms with Crippen LogP contribution in [0, 0.1) is 6.92 Å². The van der Waals surface area contributed by atoms with E-state index < -0.39 is 0 Å². The molecule has 8 heteroatoms. The summed E-state index contributed by atoms with van der Waals surface area (Å²) in [5.41, 5.74) is 10.6. The molecule has 4 N–H and O–H groups in total. The minimum atomic E-state index is 0.265. The van der Waals surface area contributed by atoms with Crippen LogP contribution in [0.2, 0.25) is 0 Å². The quantitative estimate of drug-likeness (QED) is 0.373. The molecule has 150 valence electrons. The Bertz CT molecular complexity index is 1160. The number of aromatic nitrogens is 4. The molecule has 2 heterocycles. The van der Waals surface area contributed by atoms with Crippen molar-refractivity contribution in [3.8, 4) is 11.3 Å². The summed E-state index contributed by atoms with van der Waals surface area (Å²) >= 11 is 3.48. The number of halogens is 1. The first kappa shape index (κ1) is 19.8. The highest BCUT2D eigenvalue weighted by atomic mass is 79.9. The maximum atomic E-state index is 5.72. The van der Waals surface area contributed by atoms with E-state index >= 15 is 0 Å². The molecule has 0 atom stereocenters. The van der Waals surface area contributed by atoms with Crippen molar-refractivity contribution in [1.82, 2.24) is 19.9 Å².